The maximum Gasteiger partial charge on any atom is 0.256 e. The smallest absolute Gasteiger partial charge is 0.256 e. The number of nitrogens with zero attached hydrogens (tertiary/aromatic N) is 3. The fourth-order valence-electron chi connectivity index (χ4n) is 5.15. The summed E-state index contributed by atoms with van der Waals surface area (Å²) in [4.78, 5) is 40.8. The van der Waals surface area contributed by atoms with E-state index < -0.39 is 0 Å². The summed E-state index contributed by atoms with van der Waals surface area (Å²) in [7, 11) is 1.79. The zero-order valence-electron chi connectivity index (χ0n) is 21.8. The van der Waals surface area contributed by atoms with E-state index in [9.17, 15) is 14.4 Å². The van der Waals surface area contributed by atoms with E-state index in [2.05, 4.69) is 30.4 Å². The normalized spacial score (nSPS) is 14.8. The van der Waals surface area contributed by atoms with Crippen molar-refractivity contribution in [3.63, 3.8) is 0 Å². The standard InChI is InChI=1S/C29H38N4O3/c1-4-5-8-14-30-28(35)19-32(26-16-25-22(15-21(26)2)12-9-13-27(25)34)20-29(36)31(3)33-17-23-10-6-7-11-24(23)18-33/h6-7,10-11,15-16H,4-5,8-9,12-14,17-20H2,1-3H3,(H,30,35). The van der Waals surface area contributed by atoms with E-state index in [1.807, 2.05) is 35.0 Å². The summed E-state index contributed by atoms with van der Waals surface area (Å²) in [5, 5.41) is 6.69. The Labute approximate surface area is 214 Å². The van der Waals surface area contributed by atoms with Gasteiger partial charge in [-0.1, -0.05) is 50.1 Å². The van der Waals surface area contributed by atoms with E-state index >= 15 is 0 Å². The average molecular weight is 491 g/mol. The van der Waals surface area contributed by atoms with E-state index in [1.54, 1.807) is 12.1 Å². The van der Waals surface area contributed by atoms with Crippen LogP contribution in [0.2, 0.25) is 0 Å². The number of rotatable bonds is 10. The monoisotopic (exact) mass is 490 g/mol. The molecule has 36 heavy (non-hydrogen) atoms. The van der Waals surface area contributed by atoms with Gasteiger partial charge in [0, 0.05) is 44.4 Å². The molecule has 1 heterocycles. The molecule has 2 aliphatic rings. The summed E-state index contributed by atoms with van der Waals surface area (Å²) in [6.07, 6.45) is 5.40. The lowest BCUT2D eigenvalue weighted by atomic mass is 9.88. The van der Waals surface area contributed by atoms with Crippen LogP contribution in [0.15, 0.2) is 36.4 Å². The summed E-state index contributed by atoms with van der Waals surface area (Å²) in [5.41, 5.74) is 6.00. The van der Waals surface area contributed by atoms with Crippen LogP contribution in [-0.4, -0.2) is 54.3 Å². The summed E-state index contributed by atoms with van der Waals surface area (Å²) in [6, 6.07) is 12.2. The van der Waals surface area contributed by atoms with Crippen LogP contribution in [0.3, 0.4) is 0 Å². The molecule has 2 aromatic carbocycles. The summed E-state index contributed by atoms with van der Waals surface area (Å²) < 4.78 is 0. The number of fused-ring (bicyclic) bond motifs is 2. The van der Waals surface area contributed by atoms with Crippen molar-refractivity contribution in [2.75, 3.05) is 31.6 Å². The number of unbranched alkanes of at least 4 members (excludes halogenated alkanes) is 2. The fourth-order valence-corrected chi connectivity index (χ4v) is 5.15. The molecule has 1 N–H and O–H groups in total. The highest BCUT2D eigenvalue weighted by Crippen LogP contribution is 2.30. The van der Waals surface area contributed by atoms with E-state index in [0.29, 0.717) is 26.1 Å². The number of Topliss-reactive ketones (excluding diaryl/α,β-unsaturated/α-hetero) is 1. The Kier molecular flexibility index (Phi) is 8.41. The molecule has 192 valence electrons. The van der Waals surface area contributed by atoms with Crippen LogP contribution in [0.25, 0.3) is 0 Å². The van der Waals surface area contributed by atoms with Gasteiger partial charge in [-0.25, -0.2) is 5.01 Å². The minimum absolute atomic E-state index is 0.0551. The largest absolute Gasteiger partial charge is 0.355 e. The van der Waals surface area contributed by atoms with Crippen LogP contribution in [0.4, 0.5) is 5.69 Å². The molecule has 0 unspecified atom stereocenters. The quantitative estimate of drug-likeness (QED) is 0.510. The maximum absolute atomic E-state index is 13.5. The number of amides is 2. The lowest BCUT2D eigenvalue weighted by Crippen LogP contribution is -2.48. The van der Waals surface area contributed by atoms with Crippen LogP contribution >= 0.6 is 0 Å². The molecule has 0 aromatic heterocycles. The second-order valence-corrected chi connectivity index (χ2v) is 9.99. The Morgan fingerprint density at radius 1 is 1.00 bits per heavy atom. The van der Waals surface area contributed by atoms with Crippen LogP contribution in [0.5, 0.6) is 0 Å². The van der Waals surface area contributed by atoms with Gasteiger partial charge in [0.15, 0.2) is 5.78 Å². The van der Waals surface area contributed by atoms with Crippen LogP contribution in [-0.2, 0) is 29.1 Å². The topological polar surface area (TPSA) is 73.0 Å². The SMILES string of the molecule is CCCCCNC(=O)CN(CC(=O)N(C)N1Cc2ccccc2C1)c1cc2c(cc1C)CCCC2=O. The second kappa shape index (κ2) is 11.7. The van der Waals surface area contributed by atoms with E-state index in [4.69, 9.17) is 0 Å². The predicted molar refractivity (Wildman–Crippen MR) is 142 cm³/mol. The molecule has 0 bridgehead atoms. The van der Waals surface area contributed by atoms with Crippen molar-refractivity contribution in [2.45, 2.75) is 65.5 Å². The zero-order chi connectivity index (χ0) is 25.7. The van der Waals surface area contributed by atoms with Gasteiger partial charge in [-0.15, -0.1) is 0 Å². The predicted octanol–water partition coefficient (Wildman–Crippen LogP) is 4.02. The number of aryl methyl sites for hydroxylation is 2. The van der Waals surface area contributed by atoms with Gasteiger partial charge < -0.3 is 10.2 Å². The number of ketones is 1. The molecular weight excluding hydrogens is 452 g/mol. The third-order valence-electron chi connectivity index (χ3n) is 7.29. The Hall–Kier alpha value is -3.19. The molecule has 0 saturated heterocycles. The van der Waals surface area contributed by atoms with Crippen LogP contribution < -0.4 is 10.2 Å². The first-order valence-electron chi connectivity index (χ1n) is 13.1. The first-order valence-corrected chi connectivity index (χ1v) is 13.1. The number of nitrogens with one attached hydrogen (secondary N) is 1. The van der Waals surface area contributed by atoms with Crippen LogP contribution in [0.1, 0.15) is 71.6 Å². The number of hydrazine groups is 1. The second-order valence-electron chi connectivity index (χ2n) is 9.99. The van der Waals surface area contributed by atoms with Crippen molar-refractivity contribution < 1.29 is 14.4 Å². The van der Waals surface area contributed by atoms with Crippen molar-refractivity contribution in [3.8, 4) is 0 Å². The van der Waals surface area contributed by atoms with Gasteiger partial charge in [0.1, 0.15) is 0 Å². The third-order valence-corrected chi connectivity index (χ3v) is 7.29. The van der Waals surface area contributed by atoms with Crippen molar-refractivity contribution in [3.05, 3.63) is 64.2 Å². The molecule has 7 nitrogen and oxygen atoms in total. The zero-order valence-corrected chi connectivity index (χ0v) is 21.8. The Morgan fingerprint density at radius 3 is 2.42 bits per heavy atom. The fraction of sp³-hybridized carbons (Fsp3) is 0.483. The number of hydrogen-bond donors (Lipinski definition) is 1. The lowest BCUT2D eigenvalue weighted by molar-refractivity contribution is -0.145. The van der Waals surface area contributed by atoms with Gasteiger partial charge in [-0.2, -0.15) is 0 Å². The van der Waals surface area contributed by atoms with Gasteiger partial charge in [-0.05, 0) is 54.5 Å². The molecule has 7 heteroatoms. The third kappa shape index (κ3) is 5.95. The molecule has 0 saturated carbocycles. The van der Waals surface area contributed by atoms with Crippen molar-refractivity contribution in [2.24, 2.45) is 0 Å². The summed E-state index contributed by atoms with van der Waals surface area (Å²) >= 11 is 0. The molecule has 4 rings (SSSR count). The van der Waals surface area contributed by atoms with Crippen molar-refractivity contribution in [1.82, 2.24) is 15.3 Å². The molecule has 1 aliphatic heterocycles. The highest BCUT2D eigenvalue weighted by molar-refractivity contribution is 6.00. The highest BCUT2D eigenvalue weighted by atomic mass is 16.2. The van der Waals surface area contributed by atoms with Gasteiger partial charge in [0.25, 0.3) is 5.91 Å². The maximum atomic E-state index is 13.5. The molecular formula is C29H38N4O3. The molecule has 0 fully saturated rings. The number of hydrogen-bond acceptors (Lipinski definition) is 5. The molecule has 2 amide bonds. The van der Waals surface area contributed by atoms with Gasteiger partial charge in [0.05, 0.1) is 13.1 Å². The molecule has 1 aliphatic carbocycles. The van der Waals surface area contributed by atoms with Gasteiger partial charge >= 0.3 is 0 Å². The van der Waals surface area contributed by atoms with E-state index in [-0.39, 0.29) is 30.7 Å². The molecule has 0 spiro atoms. The highest BCUT2D eigenvalue weighted by Gasteiger charge is 2.28. The Bertz CT molecular complexity index is 1100. The summed E-state index contributed by atoms with van der Waals surface area (Å²) in [5.74, 6) is -0.0663. The molecule has 0 radical (unpaired) electrons. The minimum Gasteiger partial charge on any atom is -0.355 e. The molecule has 0 atom stereocenters. The van der Waals surface area contributed by atoms with Crippen LogP contribution in [0, 0.1) is 6.92 Å². The first-order chi connectivity index (χ1) is 17.4. The summed E-state index contributed by atoms with van der Waals surface area (Å²) in [6.45, 7) is 6.24. The number of benzene rings is 2. The molecule has 2 aromatic rings. The number of carbonyl (C=O) groups excluding carboxylic acids is 3. The Morgan fingerprint density at radius 2 is 1.72 bits per heavy atom. The number of likely N-dealkylation sites (N-methyl/N-ethyl adjacent to an activating group) is 1. The minimum atomic E-state index is -0.112. The van der Waals surface area contributed by atoms with E-state index in [0.717, 1.165) is 54.5 Å². The number of carbonyl (C=O) groups is 3. The van der Waals surface area contributed by atoms with Crippen molar-refractivity contribution in [1.29, 1.82) is 0 Å². The van der Waals surface area contributed by atoms with E-state index in [1.165, 1.54) is 11.1 Å². The first kappa shape index (κ1) is 25.9. The van der Waals surface area contributed by atoms with Gasteiger partial charge in [0.2, 0.25) is 5.91 Å². The average Bonchev–Trinajstić information content (AvgIpc) is 3.30. The Balaban J connectivity index is 1.52. The van der Waals surface area contributed by atoms with Crippen molar-refractivity contribution >= 4 is 23.3 Å². The van der Waals surface area contributed by atoms with Gasteiger partial charge in [-0.3, -0.25) is 19.4 Å². The lowest BCUT2D eigenvalue weighted by Gasteiger charge is -2.32. The number of anilines is 1.